The van der Waals surface area contributed by atoms with Gasteiger partial charge in [0.25, 0.3) is 11.8 Å². The molecule has 0 spiro atoms. The Balaban J connectivity index is 1.73. The fourth-order valence-corrected chi connectivity index (χ4v) is 2.72. The number of carbonyl (C=O) groups excluding carboxylic acids is 3. The predicted octanol–water partition coefficient (Wildman–Crippen LogP) is 0.530. The van der Waals surface area contributed by atoms with Crippen LogP contribution in [0.3, 0.4) is 0 Å². The number of ether oxygens (including phenoxy) is 1. The molecule has 3 amide bonds. The number of fused-ring (bicyclic) bond motifs is 1. The Kier molecular flexibility index (Phi) is 3.47. The van der Waals surface area contributed by atoms with E-state index < -0.39 is 0 Å². The molecule has 0 radical (unpaired) electrons. The highest BCUT2D eigenvalue weighted by atomic mass is 16.5. The van der Waals surface area contributed by atoms with Crippen LogP contribution < -0.4 is 0 Å². The van der Waals surface area contributed by atoms with Gasteiger partial charge in [-0.1, -0.05) is 12.1 Å². The molecule has 1 atom stereocenters. The summed E-state index contributed by atoms with van der Waals surface area (Å²) in [5.74, 6) is -0.607. The fourth-order valence-electron chi connectivity index (χ4n) is 2.72. The fraction of sp³-hybridized carbons (Fsp3) is 0.400. The molecule has 3 rings (SSSR count). The van der Waals surface area contributed by atoms with Gasteiger partial charge >= 0.3 is 0 Å². The second-order valence-corrected chi connectivity index (χ2v) is 5.22. The highest BCUT2D eigenvalue weighted by molar-refractivity contribution is 6.21. The van der Waals surface area contributed by atoms with E-state index in [0.717, 1.165) is 0 Å². The Morgan fingerprint density at radius 3 is 2.43 bits per heavy atom. The average molecular weight is 288 g/mol. The van der Waals surface area contributed by atoms with Crippen molar-refractivity contribution in [2.24, 2.45) is 0 Å². The molecule has 1 fully saturated rings. The summed E-state index contributed by atoms with van der Waals surface area (Å²) in [5.41, 5.74) is 0.864. The molecule has 0 N–H and O–H groups in total. The smallest absolute Gasteiger partial charge is 0.261 e. The van der Waals surface area contributed by atoms with Crippen LogP contribution in [0.4, 0.5) is 0 Å². The van der Waals surface area contributed by atoms with Gasteiger partial charge in [0.05, 0.1) is 30.4 Å². The van der Waals surface area contributed by atoms with Gasteiger partial charge in [0.1, 0.15) is 0 Å². The van der Waals surface area contributed by atoms with Crippen LogP contribution in [-0.4, -0.2) is 59.9 Å². The highest BCUT2D eigenvalue weighted by Crippen LogP contribution is 2.23. The lowest BCUT2D eigenvalue weighted by atomic mass is 10.1. The summed E-state index contributed by atoms with van der Waals surface area (Å²) < 4.78 is 5.58. The van der Waals surface area contributed by atoms with Crippen LogP contribution >= 0.6 is 0 Å². The predicted molar refractivity (Wildman–Crippen MR) is 73.8 cm³/mol. The minimum absolute atomic E-state index is 0.0225. The molecular formula is C15H16N2O4. The second-order valence-electron chi connectivity index (χ2n) is 5.22. The van der Waals surface area contributed by atoms with E-state index in [4.69, 9.17) is 4.74 Å². The van der Waals surface area contributed by atoms with Crippen molar-refractivity contribution < 1.29 is 19.1 Å². The maximum atomic E-state index is 12.3. The van der Waals surface area contributed by atoms with Gasteiger partial charge in [-0.05, 0) is 12.1 Å². The van der Waals surface area contributed by atoms with Gasteiger partial charge < -0.3 is 9.64 Å². The summed E-state index contributed by atoms with van der Waals surface area (Å²) in [5, 5.41) is 0. The van der Waals surface area contributed by atoms with Crippen molar-refractivity contribution in [2.75, 3.05) is 26.2 Å². The monoisotopic (exact) mass is 288 g/mol. The molecule has 2 aliphatic rings. The maximum absolute atomic E-state index is 12.3. The first-order chi connectivity index (χ1) is 10.1. The summed E-state index contributed by atoms with van der Waals surface area (Å²) in [4.78, 5) is 38.8. The van der Waals surface area contributed by atoms with Crippen LogP contribution in [0.1, 0.15) is 27.6 Å². The molecule has 6 heteroatoms. The van der Waals surface area contributed by atoms with Crippen LogP contribution in [0, 0.1) is 0 Å². The number of hydrogen-bond acceptors (Lipinski definition) is 4. The van der Waals surface area contributed by atoms with Crippen molar-refractivity contribution in [3.8, 4) is 0 Å². The Morgan fingerprint density at radius 1 is 1.24 bits per heavy atom. The third-order valence-corrected chi connectivity index (χ3v) is 3.85. The maximum Gasteiger partial charge on any atom is 0.261 e. The molecule has 1 aromatic rings. The average Bonchev–Trinajstić information content (AvgIpc) is 2.73. The normalized spacial score (nSPS) is 21.7. The second kappa shape index (κ2) is 5.29. The summed E-state index contributed by atoms with van der Waals surface area (Å²) in [7, 11) is 0. The van der Waals surface area contributed by atoms with E-state index in [1.807, 2.05) is 0 Å². The zero-order valence-electron chi connectivity index (χ0n) is 11.7. The van der Waals surface area contributed by atoms with Crippen molar-refractivity contribution in [3.05, 3.63) is 35.4 Å². The van der Waals surface area contributed by atoms with Crippen molar-refractivity contribution in [1.29, 1.82) is 0 Å². The summed E-state index contributed by atoms with van der Waals surface area (Å²) >= 11 is 0. The van der Waals surface area contributed by atoms with Crippen molar-refractivity contribution in [1.82, 2.24) is 9.80 Å². The van der Waals surface area contributed by atoms with E-state index in [1.54, 1.807) is 29.2 Å². The molecule has 6 nitrogen and oxygen atoms in total. The van der Waals surface area contributed by atoms with Crippen LogP contribution in [0.25, 0.3) is 0 Å². The van der Waals surface area contributed by atoms with Gasteiger partial charge in [0.15, 0.2) is 0 Å². The minimum Gasteiger partial charge on any atom is -0.373 e. The number of amides is 3. The number of rotatable bonds is 2. The number of nitrogens with zero attached hydrogens (tertiary/aromatic N) is 2. The third kappa shape index (κ3) is 2.42. The van der Waals surface area contributed by atoms with E-state index in [-0.39, 0.29) is 30.4 Å². The van der Waals surface area contributed by atoms with Crippen molar-refractivity contribution in [3.63, 3.8) is 0 Å². The lowest BCUT2D eigenvalue weighted by Crippen LogP contribution is -2.50. The third-order valence-electron chi connectivity index (χ3n) is 3.85. The summed E-state index contributed by atoms with van der Waals surface area (Å²) in [6.45, 7) is 3.06. The molecule has 110 valence electrons. The van der Waals surface area contributed by atoms with Crippen LogP contribution in [0.15, 0.2) is 24.3 Å². The highest BCUT2D eigenvalue weighted by Gasteiger charge is 2.37. The summed E-state index contributed by atoms with van der Waals surface area (Å²) in [6, 6.07) is 6.78. The van der Waals surface area contributed by atoms with E-state index in [2.05, 4.69) is 0 Å². The molecule has 21 heavy (non-hydrogen) atoms. The first-order valence-corrected chi connectivity index (χ1v) is 6.90. The number of imide groups is 1. The molecule has 1 saturated heterocycles. The Bertz CT molecular complexity index is 578. The van der Waals surface area contributed by atoms with Gasteiger partial charge in [0, 0.05) is 20.0 Å². The molecule has 1 aromatic carbocycles. The van der Waals surface area contributed by atoms with Gasteiger partial charge in [-0.3, -0.25) is 19.3 Å². The van der Waals surface area contributed by atoms with Crippen molar-refractivity contribution in [2.45, 2.75) is 13.0 Å². The number of hydrogen-bond donors (Lipinski definition) is 0. The van der Waals surface area contributed by atoms with Gasteiger partial charge in [-0.15, -0.1) is 0 Å². The largest absolute Gasteiger partial charge is 0.373 e. The van der Waals surface area contributed by atoms with Crippen LogP contribution in [0.2, 0.25) is 0 Å². The zero-order chi connectivity index (χ0) is 15.0. The Labute approximate surface area is 122 Å². The molecular weight excluding hydrogens is 272 g/mol. The molecule has 0 unspecified atom stereocenters. The standard InChI is InChI=1S/C15H16N2O4/c1-10(18)16-6-7-21-11(8-16)9-17-14(19)12-4-2-3-5-13(12)15(17)20/h2-5,11H,6-9H2,1H3/t11-/m1/s1. The van der Waals surface area contributed by atoms with Crippen LogP contribution in [0.5, 0.6) is 0 Å². The Hall–Kier alpha value is -2.21. The van der Waals surface area contributed by atoms with Gasteiger partial charge in [-0.25, -0.2) is 0 Å². The molecule has 0 saturated carbocycles. The van der Waals surface area contributed by atoms with Crippen LogP contribution in [-0.2, 0) is 9.53 Å². The lowest BCUT2D eigenvalue weighted by Gasteiger charge is -2.33. The molecule has 0 aromatic heterocycles. The van der Waals surface area contributed by atoms with Gasteiger partial charge in [-0.2, -0.15) is 0 Å². The quantitative estimate of drug-likeness (QED) is 0.745. The van der Waals surface area contributed by atoms with E-state index in [0.29, 0.717) is 30.8 Å². The number of benzene rings is 1. The van der Waals surface area contributed by atoms with E-state index in [1.165, 1.54) is 11.8 Å². The topological polar surface area (TPSA) is 66.9 Å². The van der Waals surface area contributed by atoms with E-state index >= 15 is 0 Å². The van der Waals surface area contributed by atoms with Gasteiger partial charge in [0.2, 0.25) is 5.91 Å². The summed E-state index contributed by atoms with van der Waals surface area (Å²) in [6.07, 6.45) is -0.329. The number of carbonyl (C=O) groups is 3. The zero-order valence-corrected chi connectivity index (χ0v) is 11.7. The number of morpholine rings is 1. The Morgan fingerprint density at radius 2 is 1.86 bits per heavy atom. The first-order valence-electron chi connectivity index (χ1n) is 6.90. The molecule has 2 aliphatic heterocycles. The minimum atomic E-state index is -0.329. The molecule has 2 heterocycles. The molecule has 0 bridgehead atoms. The van der Waals surface area contributed by atoms with E-state index in [9.17, 15) is 14.4 Å². The lowest BCUT2D eigenvalue weighted by molar-refractivity contribution is -0.136. The van der Waals surface area contributed by atoms with Crippen molar-refractivity contribution >= 4 is 17.7 Å². The first kappa shape index (κ1) is 13.8. The molecule has 0 aliphatic carbocycles. The SMILES string of the molecule is CC(=O)N1CCO[C@@H](CN2C(=O)c3ccccc3C2=O)C1.